The van der Waals surface area contributed by atoms with Crippen LogP contribution in [0.4, 0.5) is 5.69 Å². The zero-order valence-corrected chi connectivity index (χ0v) is 17.8. The molecule has 0 spiro atoms. The molecule has 0 saturated carbocycles. The van der Waals surface area contributed by atoms with Crippen molar-refractivity contribution in [1.29, 1.82) is 0 Å². The highest BCUT2D eigenvalue weighted by atomic mass is 16.6. The van der Waals surface area contributed by atoms with Crippen molar-refractivity contribution in [2.45, 2.75) is 0 Å². The van der Waals surface area contributed by atoms with Gasteiger partial charge in [0, 0.05) is 36.2 Å². The van der Waals surface area contributed by atoms with Crippen molar-refractivity contribution in [2.75, 3.05) is 6.61 Å². The third-order valence-electron chi connectivity index (χ3n) is 5.29. The van der Waals surface area contributed by atoms with Gasteiger partial charge in [-0.1, -0.05) is 48.5 Å². The Morgan fingerprint density at radius 1 is 0.970 bits per heavy atom. The van der Waals surface area contributed by atoms with E-state index in [1.807, 2.05) is 66.2 Å². The van der Waals surface area contributed by atoms with Crippen molar-refractivity contribution in [3.63, 3.8) is 0 Å². The van der Waals surface area contributed by atoms with Gasteiger partial charge in [-0.3, -0.25) is 14.9 Å². The normalized spacial score (nSPS) is 11.1. The van der Waals surface area contributed by atoms with Crippen LogP contribution in [0.15, 0.2) is 84.9 Å². The number of rotatable bonds is 7. The molecular weight excluding hydrogens is 420 g/mol. The number of carbonyl (C=O) groups excluding carboxylic acids is 2. The summed E-state index contributed by atoms with van der Waals surface area (Å²) in [4.78, 5) is 35.6. The summed E-state index contributed by atoms with van der Waals surface area (Å²) >= 11 is 0. The number of aryl methyl sites for hydroxylation is 1. The lowest BCUT2D eigenvalue weighted by Gasteiger charge is -2.08. The van der Waals surface area contributed by atoms with Gasteiger partial charge >= 0.3 is 5.97 Å². The standard InChI is InChI=1S/C26H20N2O5/c1-27-22-10-6-5-9-21(22)25(26(27)19-7-3-2-4-8-19)23(29)17-33-24(30)16-13-18-11-14-20(15-12-18)28(31)32/h2-16H,17H2,1H3/b16-13+. The van der Waals surface area contributed by atoms with Gasteiger partial charge in [-0.25, -0.2) is 4.79 Å². The zero-order chi connectivity index (χ0) is 23.4. The first-order valence-corrected chi connectivity index (χ1v) is 10.2. The molecule has 0 unspecified atom stereocenters. The number of nitro benzene ring substituents is 1. The van der Waals surface area contributed by atoms with E-state index in [0.29, 0.717) is 11.1 Å². The van der Waals surface area contributed by atoms with Crippen LogP contribution in [0.3, 0.4) is 0 Å². The van der Waals surface area contributed by atoms with Crippen molar-refractivity contribution in [3.05, 3.63) is 106 Å². The SMILES string of the molecule is Cn1c(-c2ccccc2)c(C(=O)COC(=O)/C=C/c2ccc([N+](=O)[O-])cc2)c2ccccc21. The van der Waals surface area contributed by atoms with Crippen molar-refractivity contribution < 1.29 is 19.2 Å². The molecule has 0 amide bonds. The van der Waals surface area contributed by atoms with E-state index in [1.165, 1.54) is 36.4 Å². The maximum Gasteiger partial charge on any atom is 0.331 e. The predicted molar refractivity (Wildman–Crippen MR) is 126 cm³/mol. The number of esters is 1. The van der Waals surface area contributed by atoms with Gasteiger partial charge in [-0.15, -0.1) is 0 Å². The summed E-state index contributed by atoms with van der Waals surface area (Å²) < 4.78 is 7.16. The van der Waals surface area contributed by atoms with Crippen LogP contribution < -0.4 is 0 Å². The molecule has 164 valence electrons. The molecule has 0 radical (unpaired) electrons. The first-order valence-electron chi connectivity index (χ1n) is 10.2. The smallest absolute Gasteiger partial charge is 0.331 e. The number of hydrogen-bond acceptors (Lipinski definition) is 5. The molecule has 0 atom stereocenters. The van der Waals surface area contributed by atoms with E-state index < -0.39 is 17.5 Å². The molecule has 1 aromatic heterocycles. The summed E-state index contributed by atoms with van der Waals surface area (Å²) in [6.45, 7) is -0.405. The molecule has 0 aliphatic heterocycles. The van der Waals surface area contributed by atoms with Crippen LogP contribution in [0.1, 0.15) is 15.9 Å². The van der Waals surface area contributed by atoms with Crippen LogP contribution in [0.2, 0.25) is 0 Å². The lowest BCUT2D eigenvalue weighted by molar-refractivity contribution is -0.384. The van der Waals surface area contributed by atoms with Crippen LogP contribution in [0.25, 0.3) is 28.2 Å². The Bertz CT molecular complexity index is 1370. The van der Waals surface area contributed by atoms with Gasteiger partial charge in [0.25, 0.3) is 5.69 Å². The van der Waals surface area contributed by atoms with Crippen LogP contribution in [-0.2, 0) is 16.6 Å². The highest BCUT2D eigenvalue weighted by molar-refractivity contribution is 6.14. The van der Waals surface area contributed by atoms with Crippen LogP contribution in [0.5, 0.6) is 0 Å². The Labute approximate surface area is 189 Å². The molecule has 0 aliphatic rings. The van der Waals surface area contributed by atoms with Crippen LogP contribution >= 0.6 is 0 Å². The third kappa shape index (κ3) is 4.57. The maximum absolute atomic E-state index is 13.2. The summed E-state index contributed by atoms with van der Waals surface area (Å²) in [6.07, 6.45) is 2.67. The van der Waals surface area contributed by atoms with Gasteiger partial charge in [0.2, 0.25) is 5.78 Å². The Hall–Kier alpha value is -4.52. The van der Waals surface area contributed by atoms with Crippen LogP contribution in [-0.4, -0.2) is 27.8 Å². The molecule has 7 nitrogen and oxygen atoms in total. The number of carbonyl (C=O) groups is 2. The summed E-state index contributed by atoms with van der Waals surface area (Å²) in [5, 5.41) is 11.5. The molecule has 0 bridgehead atoms. The fourth-order valence-electron chi connectivity index (χ4n) is 3.74. The molecule has 4 rings (SSSR count). The van der Waals surface area contributed by atoms with Crippen molar-refractivity contribution >= 4 is 34.4 Å². The van der Waals surface area contributed by atoms with E-state index in [2.05, 4.69) is 0 Å². The first-order chi connectivity index (χ1) is 16.0. The number of fused-ring (bicyclic) bond motifs is 1. The lowest BCUT2D eigenvalue weighted by atomic mass is 10.0. The average Bonchev–Trinajstić information content (AvgIpc) is 3.14. The Kier molecular flexibility index (Phi) is 6.13. The fourth-order valence-corrected chi connectivity index (χ4v) is 3.74. The molecule has 7 heteroatoms. The molecule has 0 fully saturated rings. The first kappa shape index (κ1) is 21.7. The summed E-state index contributed by atoms with van der Waals surface area (Å²) in [5.41, 5.74) is 3.63. The zero-order valence-electron chi connectivity index (χ0n) is 17.8. The number of hydrogen-bond donors (Lipinski definition) is 0. The lowest BCUT2D eigenvalue weighted by Crippen LogP contribution is -2.13. The molecule has 3 aromatic carbocycles. The molecule has 0 N–H and O–H groups in total. The summed E-state index contributed by atoms with van der Waals surface area (Å²) in [5.74, 6) is -0.981. The number of nitrogens with zero attached hydrogens (tertiary/aromatic N) is 2. The molecule has 1 heterocycles. The van der Waals surface area contributed by atoms with Crippen LogP contribution in [0, 0.1) is 10.1 Å². The minimum atomic E-state index is -0.678. The molecule has 0 saturated heterocycles. The van der Waals surface area contributed by atoms with E-state index in [0.717, 1.165) is 22.2 Å². The highest BCUT2D eigenvalue weighted by Crippen LogP contribution is 2.33. The number of para-hydroxylation sites is 1. The van der Waals surface area contributed by atoms with E-state index >= 15 is 0 Å². The second-order valence-corrected chi connectivity index (χ2v) is 7.38. The van der Waals surface area contributed by atoms with Crippen molar-refractivity contribution in [3.8, 4) is 11.3 Å². The second kappa shape index (κ2) is 9.32. The molecule has 4 aromatic rings. The minimum Gasteiger partial charge on any atom is -0.454 e. The van der Waals surface area contributed by atoms with Crippen molar-refractivity contribution in [2.24, 2.45) is 7.05 Å². The maximum atomic E-state index is 13.2. The molecule has 33 heavy (non-hydrogen) atoms. The number of ether oxygens (including phenoxy) is 1. The molecule has 0 aliphatic carbocycles. The molecular formula is C26H20N2O5. The topological polar surface area (TPSA) is 91.4 Å². The van der Waals surface area contributed by atoms with Gasteiger partial charge in [0.1, 0.15) is 0 Å². The van der Waals surface area contributed by atoms with E-state index in [-0.39, 0.29) is 11.5 Å². The summed E-state index contributed by atoms with van der Waals surface area (Å²) in [6, 6.07) is 22.9. The van der Waals surface area contributed by atoms with E-state index in [4.69, 9.17) is 4.74 Å². The van der Waals surface area contributed by atoms with Gasteiger partial charge < -0.3 is 9.30 Å². The van der Waals surface area contributed by atoms with Gasteiger partial charge in [-0.2, -0.15) is 0 Å². The van der Waals surface area contributed by atoms with E-state index in [9.17, 15) is 19.7 Å². The number of ketones is 1. The van der Waals surface area contributed by atoms with Gasteiger partial charge in [-0.05, 0) is 35.4 Å². The third-order valence-corrected chi connectivity index (χ3v) is 5.29. The number of nitro groups is 1. The summed E-state index contributed by atoms with van der Waals surface area (Å²) in [7, 11) is 1.90. The average molecular weight is 440 g/mol. The van der Waals surface area contributed by atoms with Gasteiger partial charge in [0.05, 0.1) is 16.2 Å². The second-order valence-electron chi connectivity index (χ2n) is 7.38. The Morgan fingerprint density at radius 2 is 1.64 bits per heavy atom. The van der Waals surface area contributed by atoms with Crippen molar-refractivity contribution in [1.82, 2.24) is 4.57 Å². The van der Waals surface area contributed by atoms with Gasteiger partial charge in [0.15, 0.2) is 6.61 Å². The quantitative estimate of drug-likeness (QED) is 0.130. The number of aromatic nitrogens is 1. The monoisotopic (exact) mass is 440 g/mol. The minimum absolute atomic E-state index is 0.0374. The number of Topliss-reactive ketones (excluding diaryl/α,β-unsaturated/α-hetero) is 1. The number of non-ortho nitro benzene ring substituents is 1. The fraction of sp³-hybridized carbons (Fsp3) is 0.0769. The van der Waals surface area contributed by atoms with E-state index in [1.54, 1.807) is 0 Å². The largest absolute Gasteiger partial charge is 0.454 e. The Balaban J connectivity index is 1.53. The Morgan fingerprint density at radius 3 is 2.33 bits per heavy atom. The predicted octanol–water partition coefficient (Wildman–Crippen LogP) is 5.19. The number of benzene rings is 3. The highest BCUT2D eigenvalue weighted by Gasteiger charge is 2.22.